The summed E-state index contributed by atoms with van der Waals surface area (Å²) in [5.41, 5.74) is 6.68. The van der Waals surface area contributed by atoms with Crippen LogP contribution in [0.1, 0.15) is 28.3 Å². The van der Waals surface area contributed by atoms with Crippen LogP contribution in [0.5, 0.6) is 0 Å². The van der Waals surface area contributed by atoms with Gasteiger partial charge in [-0.2, -0.15) is 0 Å². The molecule has 0 aromatic heterocycles. The lowest BCUT2D eigenvalue weighted by Crippen LogP contribution is -2.10. The minimum absolute atomic E-state index is 0.0237. The first-order valence-electron chi connectivity index (χ1n) is 5.11. The van der Waals surface area contributed by atoms with Crippen molar-refractivity contribution in [2.24, 2.45) is 11.7 Å². The van der Waals surface area contributed by atoms with Gasteiger partial charge in [0.25, 0.3) is 0 Å². The molecule has 1 amide bonds. The monoisotopic (exact) mass is 219 g/mol. The third-order valence-corrected chi connectivity index (χ3v) is 2.92. The largest absolute Gasteiger partial charge is 0.469 e. The minimum Gasteiger partial charge on any atom is -0.469 e. The van der Waals surface area contributed by atoms with Gasteiger partial charge in [-0.1, -0.05) is 12.1 Å². The van der Waals surface area contributed by atoms with Crippen molar-refractivity contribution in [3.63, 3.8) is 0 Å². The molecule has 2 rings (SSSR count). The molecule has 0 radical (unpaired) electrons. The molecule has 84 valence electrons. The highest BCUT2D eigenvalue weighted by Gasteiger charge is 2.44. The Bertz CT molecular complexity index is 424. The summed E-state index contributed by atoms with van der Waals surface area (Å²) in [6, 6.07) is 7.05. The maximum Gasteiger partial charge on any atom is 0.309 e. The van der Waals surface area contributed by atoms with Crippen LogP contribution in [0.3, 0.4) is 0 Å². The first-order valence-corrected chi connectivity index (χ1v) is 5.11. The molecular formula is C12H13NO3. The molecule has 1 aliphatic rings. The van der Waals surface area contributed by atoms with Crippen LogP contribution >= 0.6 is 0 Å². The molecule has 1 fully saturated rings. The SMILES string of the molecule is COC(=O)[C@H]1C[C@@H]1c1ccc(C(N)=O)cc1. The molecule has 0 aliphatic heterocycles. The summed E-state index contributed by atoms with van der Waals surface area (Å²) in [6.07, 6.45) is 0.822. The zero-order valence-corrected chi connectivity index (χ0v) is 8.97. The Labute approximate surface area is 93.4 Å². The first-order chi connectivity index (χ1) is 7.63. The average Bonchev–Trinajstić information content (AvgIpc) is 3.08. The Kier molecular flexibility index (Phi) is 2.64. The Hall–Kier alpha value is -1.84. The molecule has 1 saturated carbocycles. The van der Waals surface area contributed by atoms with Crippen molar-refractivity contribution in [3.05, 3.63) is 35.4 Å². The second-order valence-corrected chi connectivity index (χ2v) is 3.96. The van der Waals surface area contributed by atoms with Gasteiger partial charge in [0.1, 0.15) is 0 Å². The maximum absolute atomic E-state index is 11.2. The molecule has 0 heterocycles. The molecule has 1 aliphatic carbocycles. The Morgan fingerprint density at radius 1 is 1.31 bits per heavy atom. The van der Waals surface area contributed by atoms with Gasteiger partial charge in [0, 0.05) is 5.56 Å². The fourth-order valence-electron chi connectivity index (χ4n) is 1.87. The number of hydrogen-bond donors (Lipinski definition) is 1. The third-order valence-electron chi connectivity index (χ3n) is 2.92. The Balaban J connectivity index is 2.07. The lowest BCUT2D eigenvalue weighted by molar-refractivity contribution is -0.142. The Morgan fingerprint density at radius 2 is 1.94 bits per heavy atom. The first kappa shape index (κ1) is 10.7. The van der Waals surface area contributed by atoms with E-state index in [0.717, 1.165) is 12.0 Å². The summed E-state index contributed by atoms with van der Waals surface area (Å²) in [5, 5.41) is 0. The summed E-state index contributed by atoms with van der Waals surface area (Å²) in [6.45, 7) is 0. The van der Waals surface area contributed by atoms with Crippen molar-refractivity contribution in [3.8, 4) is 0 Å². The van der Waals surface area contributed by atoms with Gasteiger partial charge >= 0.3 is 5.97 Å². The van der Waals surface area contributed by atoms with E-state index in [1.807, 2.05) is 12.1 Å². The van der Waals surface area contributed by atoms with Crippen molar-refractivity contribution in [1.82, 2.24) is 0 Å². The van der Waals surface area contributed by atoms with Gasteiger partial charge in [0.05, 0.1) is 13.0 Å². The number of hydrogen-bond acceptors (Lipinski definition) is 3. The molecule has 1 aromatic rings. The molecule has 4 nitrogen and oxygen atoms in total. The quantitative estimate of drug-likeness (QED) is 0.773. The van der Waals surface area contributed by atoms with Gasteiger partial charge < -0.3 is 10.5 Å². The van der Waals surface area contributed by atoms with E-state index in [-0.39, 0.29) is 17.8 Å². The molecule has 2 N–H and O–H groups in total. The summed E-state index contributed by atoms with van der Waals surface area (Å²) in [7, 11) is 1.40. The van der Waals surface area contributed by atoms with Crippen LogP contribution < -0.4 is 5.73 Å². The van der Waals surface area contributed by atoms with Crippen molar-refractivity contribution >= 4 is 11.9 Å². The number of nitrogens with two attached hydrogens (primary N) is 1. The van der Waals surface area contributed by atoms with Crippen LogP contribution in [0.15, 0.2) is 24.3 Å². The summed E-state index contributed by atoms with van der Waals surface area (Å²) < 4.78 is 4.67. The van der Waals surface area contributed by atoms with Crippen LogP contribution in [-0.2, 0) is 9.53 Å². The molecule has 0 spiro atoms. The van der Waals surface area contributed by atoms with E-state index < -0.39 is 5.91 Å². The van der Waals surface area contributed by atoms with E-state index in [0.29, 0.717) is 5.56 Å². The molecule has 0 bridgehead atoms. The van der Waals surface area contributed by atoms with Crippen LogP contribution in [-0.4, -0.2) is 19.0 Å². The smallest absolute Gasteiger partial charge is 0.309 e. The highest BCUT2D eigenvalue weighted by molar-refractivity contribution is 5.92. The number of amides is 1. The number of methoxy groups -OCH3 is 1. The van der Waals surface area contributed by atoms with E-state index in [1.165, 1.54) is 7.11 Å². The second-order valence-electron chi connectivity index (χ2n) is 3.96. The fraction of sp³-hybridized carbons (Fsp3) is 0.333. The molecule has 16 heavy (non-hydrogen) atoms. The predicted octanol–water partition coefficient (Wildman–Crippen LogP) is 1.06. The molecular weight excluding hydrogens is 206 g/mol. The van der Waals surface area contributed by atoms with Crippen LogP contribution in [0, 0.1) is 5.92 Å². The number of carbonyl (C=O) groups excluding carboxylic acids is 2. The molecule has 0 saturated heterocycles. The minimum atomic E-state index is -0.438. The van der Waals surface area contributed by atoms with Gasteiger partial charge in [-0.3, -0.25) is 9.59 Å². The number of esters is 1. The topological polar surface area (TPSA) is 69.4 Å². The Morgan fingerprint density at radius 3 is 2.44 bits per heavy atom. The molecule has 2 atom stereocenters. The summed E-state index contributed by atoms with van der Waals surface area (Å²) >= 11 is 0. The predicted molar refractivity (Wildman–Crippen MR) is 57.8 cm³/mol. The van der Waals surface area contributed by atoms with Gasteiger partial charge in [-0.25, -0.2) is 0 Å². The number of ether oxygens (including phenoxy) is 1. The molecule has 0 unspecified atom stereocenters. The van der Waals surface area contributed by atoms with E-state index in [9.17, 15) is 9.59 Å². The number of benzene rings is 1. The van der Waals surface area contributed by atoms with Gasteiger partial charge in [0.15, 0.2) is 0 Å². The number of primary amides is 1. The summed E-state index contributed by atoms with van der Waals surface area (Å²) in [5.74, 6) is -0.394. The van der Waals surface area contributed by atoms with E-state index >= 15 is 0 Å². The van der Waals surface area contributed by atoms with Gasteiger partial charge in [0.2, 0.25) is 5.91 Å². The average molecular weight is 219 g/mol. The fourth-order valence-corrected chi connectivity index (χ4v) is 1.87. The standard InChI is InChI=1S/C12H13NO3/c1-16-12(15)10-6-9(10)7-2-4-8(5-3-7)11(13)14/h2-5,9-10H,6H2,1H3,(H2,13,14)/t9-,10+/m1/s1. The van der Waals surface area contributed by atoms with Crippen molar-refractivity contribution in [1.29, 1.82) is 0 Å². The van der Waals surface area contributed by atoms with Crippen LogP contribution in [0.25, 0.3) is 0 Å². The van der Waals surface area contributed by atoms with E-state index in [1.54, 1.807) is 12.1 Å². The van der Waals surface area contributed by atoms with Crippen LogP contribution in [0.4, 0.5) is 0 Å². The van der Waals surface area contributed by atoms with E-state index in [4.69, 9.17) is 5.73 Å². The number of carbonyl (C=O) groups is 2. The third kappa shape index (κ3) is 1.91. The van der Waals surface area contributed by atoms with E-state index in [2.05, 4.69) is 4.74 Å². The van der Waals surface area contributed by atoms with Crippen molar-refractivity contribution < 1.29 is 14.3 Å². The normalized spacial score (nSPS) is 22.6. The van der Waals surface area contributed by atoms with Gasteiger partial charge in [-0.15, -0.1) is 0 Å². The van der Waals surface area contributed by atoms with Crippen molar-refractivity contribution in [2.75, 3.05) is 7.11 Å². The zero-order chi connectivity index (χ0) is 11.7. The lowest BCUT2D eigenvalue weighted by atomic mass is 10.1. The highest BCUT2D eigenvalue weighted by Crippen LogP contribution is 2.47. The maximum atomic E-state index is 11.2. The second kappa shape index (κ2) is 3.96. The van der Waals surface area contributed by atoms with Crippen LogP contribution in [0.2, 0.25) is 0 Å². The molecule has 1 aromatic carbocycles. The lowest BCUT2D eigenvalue weighted by Gasteiger charge is -2.01. The highest BCUT2D eigenvalue weighted by atomic mass is 16.5. The molecule has 4 heteroatoms. The van der Waals surface area contributed by atoms with Gasteiger partial charge in [-0.05, 0) is 30.0 Å². The summed E-state index contributed by atoms with van der Waals surface area (Å²) in [4.78, 5) is 22.1. The zero-order valence-electron chi connectivity index (χ0n) is 8.97. The number of rotatable bonds is 3. The van der Waals surface area contributed by atoms with Crippen molar-refractivity contribution in [2.45, 2.75) is 12.3 Å².